The Morgan fingerprint density at radius 2 is 2.03 bits per heavy atom. The van der Waals surface area contributed by atoms with Crippen LogP contribution in [0.3, 0.4) is 0 Å². The zero-order valence-corrected chi connectivity index (χ0v) is 19.8. The molecule has 0 unspecified atom stereocenters. The number of anilines is 1. The van der Waals surface area contributed by atoms with Crippen LogP contribution in [0.1, 0.15) is 44.5 Å². The van der Waals surface area contributed by atoms with Crippen molar-refractivity contribution in [1.82, 2.24) is 24.7 Å². The van der Waals surface area contributed by atoms with Crippen LogP contribution in [0.15, 0.2) is 42.9 Å². The Morgan fingerprint density at radius 3 is 2.79 bits per heavy atom. The molecule has 1 N–H and O–H groups in total. The van der Waals surface area contributed by atoms with Gasteiger partial charge in [0.1, 0.15) is 16.8 Å². The SMILES string of the molecule is CCOc1ncccc1-c1cc(NCc2cncc(OC)c2)c2c(n1)c(C)nn2[C@@H](C)CC. The molecular weight excluding hydrogens is 416 g/mol. The van der Waals surface area contributed by atoms with Crippen LogP contribution in [0.5, 0.6) is 11.6 Å². The highest BCUT2D eigenvalue weighted by atomic mass is 16.5. The second kappa shape index (κ2) is 9.85. The third kappa shape index (κ3) is 4.60. The van der Waals surface area contributed by atoms with Crippen LogP contribution in [0, 0.1) is 6.92 Å². The maximum Gasteiger partial charge on any atom is 0.222 e. The van der Waals surface area contributed by atoms with Gasteiger partial charge in [-0.25, -0.2) is 9.97 Å². The predicted molar refractivity (Wildman–Crippen MR) is 130 cm³/mol. The zero-order chi connectivity index (χ0) is 23.4. The summed E-state index contributed by atoms with van der Waals surface area (Å²) in [5.74, 6) is 1.30. The topological polar surface area (TPSA) is 87.0 Å². The lowest BCUT2D eigenvalue weighted by Crippen LogP contribution is -2.09. The first-order valence-electron chi connectivity index (χ1n) is 11.3. The summed E-state index contributed by atoms with van der Waals surface area (Å²) in [6.45, 7) is 9.40. The van der Waals surface area contributed by atoms with Crippen molar-refractivity contribution in [3.05, 3.63) is 54.1 Å². The Labute approximate surface area is 194 Å². The second-order valence-corrected chi connectivity index (χ2v) is 7.92. The van der Waals surface area contributed by atoms with E-state index in [1.54, 1.807) is 19.5 Å². The molecule has 0 saturated carbocycles. The highest BCUT2D eigenvalue weighted by molar-refractivity contribution is 5.93. The predicted octanol–water partition coefficient (Wildman–Crippen LogP) is 5.19. The van der Waals surface area contributed by atoms with E-state index in [1.807, 2.05) is 38.2 Å². The summed E-state index contributed by atoms with van der Waals surface area (Å²) in [6, 6.07) is 8.15. The lowest BCUT2D eigenvalue weighted by Gasteiger charge is -2.16. The van der Waals surface area contributed by atoms with Gasteiger partial charge in [0, 0.05) is 25.0 Å². The lowest BCUT2D eigenvalue weighted by atomic mass is 10.1. The zero-order valence-electron chi connectivity index (χ0n) is 19.8. The van der Waals surface area contributed by atoms with Gasteiger partial charge in [0.25, 0.3) is 0 Å². The smallest absolute Gasteiger partial charge is 0.222 e. The maximum absolute atomic E-state index is 5.77. The van der Waals surface area contributed by atoms with E-state index < -0.39 is 0 Å². The fraction of sp³-hybridized carbons (Fsp3) is 0.360. The van der Waals surface area contributed by atoms with Crippen molar-refractivity contribution in [2.75, 3.05) is 19.0 Å². The van der Waals surface area contributed by atoms with Crippen molar-refractivity contribution in [3.8, 4) is 22.9 Å². The molecule has 0 radical (unpaired) electrons. The van der Waals surface area contributed by atoms with Crippen LogP contribution in [0.2, 0.25) is 0 Å². The quantitative estimate of drug-likeness (QED) is 0.379. The van der Waals surface area contributed by atoms with E-state index >= 15 is 0 Å². The monoisotopic (exact) mass is 446 g/mol. The molecule has 33 heavy (non-hydrogen) atoms. The molecule has 8 heteroatoms. The lowest BCUT2D eigenvalue weighted by molar-refractivity contribution is 0.328. The average Bonchev–Trinajstić information content (AvgIpc) is 3.19. The molecule has 0 saturated heterocycles. The molecule has 0 aliphatic rings. The minimum atomic E-state index is 0.241. The largest absolute Gasteiger partial charge is 0.495 e. The molecule has 1 atom stereocenters. The Kier molecular flexibility index (Phi) is 6.72. The molecule has 4 heterocycles. The van der Waals surface area contributed by atoms with Gasteiger partial charge in [0.2, 0.25) is 5.88 Å². The molecule has 172 valence electrons. The third-order valence-corrected chi connectivity index (χ3v) is 5.65. The van der Waals surface area contributed by atoms with Crippen LogP contribution in [0.4, 0.5) is 5.69 Å². The van der Waals surface area contributed by atoms with Crippen molar-refractivity contribution in [3.63, 3.8) is 0 Å². The molecule has 0 aliphatic heterocycles. The molecule has 0 spiro atoms. The highest BCUT2D eigenvalue weighted by Crippen LogP contribution is 2.35. The molecule has 0 bridgehead atoms. The number of nitrogens with one attached hydrogen (secondary N) is 1. The summed E-state index contributed by atoms with van der Waals surface area (Å²) < 4.78 is 13.2. The fourth-order valence-corrected chi connectivity index (χ4v) is 3.75. The number of nitrogens with zero attached hydrogens (tertiary/aromatic N) is 5. The van der Waals surface area contributed by atoms with E-state index in [9.17, 15) is 0 Å². The van der Waals surface area contributed by atoms with Crippen molar-refractivity contribution >= 4 is 16.7 Å². The van der Waals surface area contributed by atoms with Crippen LogP contribution in [-0.2, 0) is 6.54 Å². The Hall–Kier alpha value is -3.68. The Balaban J connectivity index is 1.84. The molecule has 4 aromatic heterocycles. The van der Waals surface area contributed by atoms with E-state index in [-0.39, 0.29) is 6.04 Å². The summed E-state index contributed by atoms with van der Waals surface area (Å²) in [5.41, 5.74) is 6.35. The number of hydrogen-bond acceptors (Lipinski definition) is 7. The van der Waals surface area contributed by atoms with Crippen LogP contribution in [-0.4, -0.2) is 38.4 Å². The standard InChI is InChI=1S/C25H30N6O2/c1-6-16(3)31-24-22(28-14-18-11-19(32-5)15-26-13-18)12-21(29-23(24)17(4)30-31)20-9-8-10-27-25(20)33-7-2/h8-13,15-16H,6-7,14H2,1-5H3,(H,28,29)/t16-/m0/s1. The van der Waals surface area contributed by atoms with E-state index in [0.29, 0.717) is 19.0 Å². The number of pyridine rings is 3. The van der Waals surface area contributed by atoms with Crippen LogP contribution < -0.4 is 14.8 Å². The van der Waals surface area contributed by atoms with Crippen molar-refractivity contribution in [2.45, 2.75) is 46.7 Å². The van der Waals surface area contributed by atoms with Gasteiger partial charge in [0.15, 0.2) is 0 Å². The van der Waals surface area contributed by atoms with Gasteiger partial charge in [-0.1, -0.05) is 6.92 Å². The molecule has 4 rings (SSSR count). The molecule has 0 aromatic carbocycles. The summed E-state index contributed by atoms with van der Waals surface area (Å²) in [6.07, 6.45) is 6.23. The first-order valence-corrected chi connectivity index (χ1v) is 11.3. The highest BCUT2D eigenvalue weighted by Gasteiger charge is 2.20. The van der Waals surface area contributed by atoms with Gasteiger partial charge < -0.3 is 14.8 Å². The van der Waals surface area contributed by atoms with Gasteiger partial charge in [0.05, 0.1) is 42.6 Å². The molecule has 8 nitrogen and oxygen atoms in total. The fourth-order valence-electron chi connectivity index (χ4n) is 3.75. The van der Waals surface area contributed by atoms with E-state index in [4.69, 9.17) is 19.6 Å². The molecule has 0 amide bonds. The number of rotatable bonds is 9. The average molecular weight is 447 g/mol. The number of hydrogen-bond donors (Lipinski definition) is 1. The van der Waals surface area contributed by atoms with Crippen molar-refractivity contribution in [2.24, 2.45) is 0 Å². The second-order valence-electron chi connectivity index (χ2n) is 7.92. The Bertz CT molecular complexity index is 1250. The number of fused-ring (bicyclic) bond motifs is 1. The van der Waals surface area contributed by atoms with E-state index in [0.717, 1.165) is 51.4 Å². The summed E-state index contributed by atoms with van der Waals surface area (Å²) in [7, 11) is 1.64. The summed E-state index contributed by atoms with van der Waals surface area (Å²) in [5, 5.41) is 8.42. The molecule has 0 fully saturated rings. The van der Waals surface area contributed by atoms with E-state index in [1.165, 1.54) is 0 Å². The summed E-state index contributed by atoms with van der Waals surface area (Å²) >= 11 is 0. The normalized spacial score (nSPS) is 12.0. The van der Waals surface area contributed by atoms with Gasteiger partial charge in [-0.2, -0.15) is 5.10 Å². The number of aryl methyl sites for hydroxylation is 1. The molecule has 4 aromatic rings. The third-order valence-electron chi connectivity index (χ3n) is 5.65. The first-order chi connectivity index (χ1) is 16.0. The van der Waals surface area contributed by atoms with Gasteiger partial charge >= 0.3 is 0 Å². The molecule has 0 aliphatic carbocycles. The Morgan fingerprint density at radius 1 is 1.18 bits per heavy atom. The van der Waals surface area contributed by atoms with Gasteiger partial charge in [-0.3, -0.25) is 9.67 Å². The van der Waals surface area contributed by atoms with Crippen molar-refractivity contribution < 1.29 is 9.47 Å². The van der Waals surface area contributed by atoms with Gasteiger partial charge in [-0.15, -0.1) is 0 Å². The van der Waals surface area contributed by atoms with E-state index in [2.05, 4.69) is 39.9 Å². The summed E-state index contributed by atoms with van der Waals surface area (Å²) in [4.78, 5) is 13.7. The number of methoxy groups -OCH3 is 1. The van der Waals surface area contributed by atoms with Crippen LogP contribution in [0.25, 0.3) is 22.3 Å². The first kappa shape index (κ1) is 22.5. The van der Waals surface area contributed by atoms with Gasteiger partial charge in [-0.05, 0) is 57.0 Å². The maximum atomic E-state index is 5.77. The molecular formula is C25H30N6O2. The minimum Gasteiger partial charge on any atom is -0.495 e. The number of aromatic nitrogens is 5. The number of ether oxygens (including phenoxy) is 2. The van der Waals surface area contributed by atoms with Crippen LogP contribution >= 0.6 is 0 Å². The minimum absolute atomic E-state index is 0.241. The van der Waals surface area contributed by atoms with Crippen molar-refractivity contribution in [1.29, 1.82) is 0 Å².